The van der Waals surface area contributed by atoms with Gasteiger partial charge in [-0.15, -0.1) is 11.3 Å². The topological polar surface area (TPSA) is 79.9 Å². The predicted molar refractivity (Wildman–Crippen MR) is 98.1 cm³/mol. The number of aromatic amines is 1. The second kappa shape index (κ2) is 6.37. The van der Waals surface area contributed by atoms with Gasteiger partial charge < -0.3 is 15.0 Å². The van der Waals surface area contributed by atoms with Crippen LogP contribution in [0.3, 0.4) is 0 Å². The molecule has 3 heterocycles. The van der Waals surface area contributed by atoms with E-state index in [0.29, 0.717) is 17.3 Å². The number of thiazole rings is 1. The summed E-state index contributed by atoms with van der Waals surface area (Å²) in [6, 6.07) is 13.5. The van der Waals surface area contributed by atoms with Gasteiger partial charge >= 0.3 is 0 Å². The molecule has 0 fully saturated rings. The van der Waals surface area contributed by atoms with Crippen molar-refractivity contribution in [3.05, 3.63) is 59.7 Å². The Morgan fingerprint density at radius 1 is 1.24 bits per heavy atom. The van der Waals surface area contributed by atoms with Crippen molar-refractivity contribution in [3.63, 3.8) is 0 Å². The number of carbonyl (C=O) groups excluding carboxylic acids is 1. The number of H-pyrrole nitrogens is 1. The summed E-state index contributed by atoms with van der Waals surface area (Å²) in [6.45, 7) is 0. The molecule has 3 aromatic heterocycles. The van der Waals surface area contributed by atoms with E-state index in [4.69, 9.17) is 4.74 Å². The third-order valence-electron chi connectivity index (χ3n) is 3.70. The summed E-state index contributed by atoms with van der Waals surface area (Å²) in [5, 5.41) is 6.41. The summed E-state index contributed by atoms with van der Waals surface area (Å²) in [7, 11) is 1.54. The average Bonchev–Trinajstić information content (AvgIpc) is 3.29. The van der Waals surface area contributed by atoms with E-state index in [1.807, 2.05) is 30.3 Å². The van der Waals surface area contributed by atoms with Gasteiger partial charge in [-0.3, -0.25) is 4.79 Å². The maximum absolute atomic E-state index is 12.3. The number of amides is 1. The van der Waals surface area contributed by atoms with Crippen molar-refractivity contribution in [1.29, 1.82) is 0 Å². The smallest absolute Gasteiger partial charge is 0.275 e. The second-order valence-corrected chi connectivity index (χ2v) is 6.21. The molecule has 0 aliphatic heterocycles. The maximum Gasteiger partial charge on any atom is 0.275 e. The minimum Gasteiger partial charge on any atom is -0.481 e. The quantitative estimate of drug-likeness (QED) is 0.584. The van der Waals surface area contributed by atoms with Crippen LogP contribution in [-0.2, 0) is 0 Å². The lowest BCUT2D eigenvalue weighted by Gasteiger charge is -2.03. The summed E-state index contributed by atoms with van der Waals surface area (Å²) >= 11 is 1.42. The number of methoxy groups -OCH3 is 1. The number of nitrogens with zero attached hydrogens (tertiary/aromatic N) is 2. The van der Waals surface area contributed by atoms with E-state index < -0.39 is 0 Å². The normalized spacial score (nSPS) is 10.8. The van der Waals surface area contributed by atoms with Crippen LogP contribution in [-0.4, -0.2) is 28.0 Å². The summed E-state index contributed by atoms with van der Waals surface area (Å²) < 4.78 is 5.00. The molecule has 4 rings (SSSR count). The molecule has 0 saturated heterocycles. The zero-order valence-electron chi connectivity index (χ0n) is 13.3. The molecule has 0 saturated carbocycles. The van der Waals surface area contributed by atoms with E-state index in [-0.39, 0.29) is 5.91 Å². The highest BCUT2D eigenvalue weighted by atomic mass is 32.1. The molecule has 0 radical (unpaired) electrons. The molecule has 4 aromatic rings. The molecule has 0 aliphatic carbocycles. The minimum atomic E-state index is -0.273. The number of benzene rings is 1. The molecule has 0 atom stereocenters. The molecule has 25 heavy (non-hydrogen) atoms. The highest BCUT2D eigenvalue weighted by Crippen LogP contribution is 2.27. The van der Waals surface area contributed by atoms with Gasteiger partial charge in [-0.2, -0.15) is 0 Å². The first-order valence-corrected chi connectivity index (χ1v) is 8.46. The Kier molecular flexibility index (Phi) is 3.91. The summed E-state index contributed by atoms with van der Waals surface area (Å²) in [4.78, 5) is 24.2. The summed E-state index contributed by atoms with van der Waals surface area (Å²) in [5.74, 6) is 0.221. The Morgan fingerprint density at radius 2 is 2.12 bits per heavy atom. The monoisotopic (exact) mass is 350 g/mol. The first kappa shape index (κ1) is 15.3. The van der Waals surface area contributed by atoms with Crippen LogP contribution in [0.2, 0.25) is 0 Å². The largest absolute Gasteiger partial charge is 0.481 e. The van der Waals surface area contributed by atoms with Gasteiger partial charge in [0.25, 0.3) is 5.91 Å². The van der Waals surface area contributed by atoms with Crippen LogP contribution in [0, 0.1) is 0 Å². The number of anilines is 1. The van der Waals surface area contributed by atoms with E-state index >= 15 is 0 Å². The fraction of sp³-hybridized carbons (Fsp3) is 0.0556. The van der Waals surface area contributed by atoms with Gasteiger partial charge in [0.2, 0.25) is 5.88 Å². The molecule has 124 valence electrons. The number of hydrogen-bond acceptors (Lipinski definition) is 5. The molecule has 7 heteroatoms. The Morgan fingerprint density at radius 3 is 2.88 bits per heavy atom. The number of nitrogens with one attached hydrogen (secondary N) is 2. The van der Waals surface area contributed by atoms with Crippen LogP contribution in [0.15, 0.2) is 54.0 Å². The summed E-state index contributed by atoms with van der Waals surface area (Å²) in [6.07, 6.45) is 1.54. The Labute approximate surface area is 147 Å². The fourth-order valence-electron chi connectivity index (χ4n) is 2.46. The van der Waals surface area contributed by atoms with Crippen molar-refractivity contribution in [1.82, 2.24) is 15.0 Å². The lowest BCUT2D eigenvalue weighted by molar-refractivity contribution is 0.102. The van der Waals surface area contributed by atoms with Gasteiger partial charge in [-0.25, -0.2) is 9.97 Å². The van der Waals surface area contributed by atoms with Crippen molar-refractivity contribution in [2.75, 3.05) is 12.4 Å². The minimum absolute atomic E-state index is 0.273. The Hall–Kier alpha value is -3.19. The number of hydrogen-bond donors (Lipinski definition) is 2. The van der Waals surface area contributed by atoms with Crippen molar-refractivity contribution in [3.8, 4) is 16.6 Å². The van der Waals surface area contributed by atoms with Crippen LogP contribution < -0.4 is 10.1 Å². The number of pyridine rings is 1. The second-order valence-electron chi connectivity index (χ2n) is 5.35. The van der Waals surface area contributed by atoms with Crippen molar-refractivity contribution >= 4 is 33.8 Å². The van der Waals surface area contributed by atoms with E-state index in [9.17, 15) is 4.79 Å². The van der Waals surface area contributed by atoms with Gasteiger partial charge in [-0.1, -0.05) is 18.2 Å². The predicted octanol–water partition coefficient (Wildman–Crippen LogP) is 3.95. The average molecular weight is 350 g/mol. The van der Waals surface area contributed by atoms with Crippen LogP contribution in [0.1, 0.15) is 10.5 Å². The molecule has 6 nitrogen and oxygen atoms in total. The van der Waals surface area contributed by atoms with Gasteiger partial charge in [0.15, 0.2) is 0 Å². The molecule has 0 aliphatic rings. The highest BCUT2D eigenvalue weighted by molar-refractivity contribution is 7.13. The number of fused-ring (bicyclic) bond motifs is 1. The molecular formula is C18H14N4O2S. The van der Waals surface area contributed by atoms with E-state index in [1.54, 1.807) is 30.8 Å². The van der Waals surface area contributed by atoms with E-state index in [0.717, 1.165) is 21.6 Å². The van der Waals surface area contributed by atoms with Crippen molar-refractivity contribution in [2.24, 2.45) is 0 Å². The molecule has 0 spiro atoms. The molecular weight excluding hydrogens is 336 g/mol. The third kappa shape index (κ3) is 3.09. The fourth-order valence-corrected chi connectivity index (χ4v) is 3.23. The van der Waals surface area contributed by atoms with E-state index in [2.05, 4.69) is 20.3 Å². The van der Waals surface area contributed by atoms with Crippen LogP contribution in [0.5, 0.6) is 5.88 Å². The van der Waals surface area contributed by atoms with Gasteiger partial charge in [0, 0.05) is 22.3 Å². The Bertz CT molecular complexity index is 1000. The van der Waals surface area contributed by atoms with Crippen LogP contribution in [0.25, 0.3) is 21.6 Å². The zero-order valence-corrected chi connectivity index (χ0v) is 14.1. The number of carbonyl (C=O) groups is 1. The van der Waals surface area contributed by atoms with Gasteiger partial charge in [0.05, 0.1) is 24.7 Å². The highest BCUT2D eigenvalue weighted by Gasteiger charge is 2.13. The summed E-state index contributed by atoms with van der Waals surface area (Å²) in [5.41, 5.74) is 2.90. The molecule has 1 aromatic carbocycles. The maximum atomic E-state index is 12.3. The van der Waals surface area contributed by atoms with Gasteiger partial charge in [-0.05, 0) is 18.2 Å². The molecule has 2 N–H and O–H groups in total. The van der Waals surface area contributed by atoms with Crippen molar-refractivity contribution in [2.45, 2.75) is 0 Å². The van der Waals surface area contributed by atoms with E-state index in [1.165, 1.54) is 11.3 Å². The first-order chi connectivity index (χ1) is 12.2. The lowest BCUT2D eigenvalue weighted by atomic mass is 10.2. The molecule has 0 bridgehead atoms. The number of aromatic nitrogens is 3. The number of ether oxygens (including phenoxy) is 1. The lowest BCUT2D eigenvalue weighted by Crippen LogP contribution is -2.12. The van der Waals surface area contributed by atoms with Crippen molar-refractivity contribution < 1.29 is 9.53 Å². The molecule has 0 unspecified atom stereocenters. The first-order valence-electron chi connectivity index (χ1n) is 7.58. The molecule has 1 amide bonds. The number of para-hydroxylation sites is 1. The SMILES string of the molecule is COc1ccc(NC(=O)c2csc(-c3cc4ccccc4[nH]3)n2)cn1. The third-order valence-corrected chi connectivity index (χ3v) is 4.58. The number of rotatable bonds is 4. The Balaban J connectivity index is 1.54. The standard InChI is InChI=1S/C18H14N4O2S/c1-24-16-7-6-12(9-19-16)20-17(23)15-10-25-18(22-15)14-8-11-4-2-3-5-13(11)21-14/h2-10,21H,1H3,(H,20,23). The van der Waals surface area contributed by atoms with Crippen LogP contribution in [0.4, 0.5) is 5.69 Å². The van der Waals surface area contributed by atoms with Gasteiger partial charge in [0.1, 0.15) is 10.7 Å². The zero-order chi connectivity index (χ0) is 17.2. The van der Waals surface area contributed by atoms with Crippen LogP contribution >= 0.6 is 11.3 Å².